The molecule has 0 amide bonds. The number of aromatic nitrogens is 3. The first-order chi connectivity index (χ1) is 16.3. The minimum atomic E-state index is -0.762. The van der Waals surface area contributed by atoms with Crippen molar-refractivity contribution in [2.24, 2.45) is 0 Å². The van der Waals surface area contributed by atoms with Gasteiger partial charge < -0.3 is 14.6 Å². The first-order valence-corrected chi connectivity index (χ1v) is 11.1. The van der Waals surface area contributed by atoms with Gasteiger partial charge in [0.15, 0.2) is 17.5 Å². The van der Waals surface area contributed by atoms with Crippen molar-refractivity contribution in [2.45, 2.75) is 26.1 Å². The largest absolute Gasteiger partial charge is 0.462 e. The van der Waals surface area contributed by atoms with Crippen molar-refractivity contribution in [1.82, 2.24) is 15.0 Å². The lowest BCUT2D eigenvalue weighted by atomic mass is 10.1. The number of rotatable bonds is 10. The van der Waals surface area contributed by atoms with Gasteiger partial charge in [0.1, 0.15) is 12.4 Å². The maximum atomic E-state index is 9.74. The van der Waals surface area contributed by atoms with E-state index in [1.807, 2.05) is 84.9 Å². The molecule has 1 unspecified atom stereocenters. The van der Waals surface area contributed by atoms with Crippen LogP contribution in [-0.2, 0) is 4.74 Å². The van der Waals surface area contributed by atoms with Crippen LogP contribution in [-0.4, -0.2) is 39.6 Å². The molecular weight excluding hydrogens is 414 g/mol. The van der Waals surface area contributed by atoms with Gasteiger partial charge in [-0.1, -0.05) is 86.1 Å². The van der Waals surface area contributed by atoms with E-state index in [4.69, 9.17) is 24.4 Å². The minimum Gasteiger partial charge on any atom is -0.462 e. The highest BCUT2D eigenvalue weighted by Gasteiger charge is 2.17. The van der Waals surface area contributed by atoms with Crippen LogP contribution in [0.3, 0.4) is 0 Å². The number of aliphatic hydroxyl groups is 1. The highest BCUT2D eigenvalue weighted by Crippen LogP contribution is 2.31. The van der Waals surface area contributed by atoms with E-state index in [9.17, 15) is 5.11 Å². The molecule has 0 bridgehead atoms. The molecule has 1 atom stereocenters. The van der Waals surface area contributed by atoms with Crippen molar-refractivity contribution in [1.29, 1.82) is 0 Å². The van der Waals surface area contributed by atoms with Gasteiger partial charge in [-0.05, 0) is 18.6 Å². The van der Waals surface area contributed by atoms with E-state index in [1.54, 1.807) is 0 Å². The predicted molar refractivity (Wildman–Crippen MR) is 128 cm³/mol. The van der Waals surface area contributed by atoms with Crippen LogP contribution in [0, 0.1) is 0 Å². The topological polar surface area (TPSA) is 77.4 Å². The molecule has 1 heterocycles. The second kappa shape index (κ2) is 11.3. The summed E-state index contributed by atoms with van der Waals surface area (Å²) in [4.78, 5) is 14.3. The van der Waals surface area contributed by atoms with Crippen LogP contribution in [0.5, 0.6) is 5.75 Å². The van der Waals surface area contributed by atoms with Crippen LogP contribution < -0.4 is 4.74 Å². The molecule has 0 fully saturated rings. The molecule has 33 heavy (non-hydrogen) atoms. The highest BCUT2D eigenvalue weighted by molar-refractivity contribution is 5.69. The van der Waals surface area contributed by atoms with Crippen molar-refractivity contribution >= 4 is 0 Å². The maximum absolute atomic E-state index is 9.74. The molecule has 0 aliphatic heterocycles. The number of aliphatic hydroxyl groups excluding tert-OH is 1. The van der Waals surface area contributed by atoms with Gasteiger partial charge in [0.25, 0.3) is 0 Å². The molecular formula is C27H27N3O3. The van der Waals surface area contributed by atoms with Crippen molar-refractivity contribution in [2.75, 3.05) is 13.2 Å². The van der Waals surface area contributed by atoms with Crippen molar-refractivity contribution in [3.8, 4) is 39.9 Å². The fourth-order valence-corrected chi connectivity index (χ4v) is 3.31. The Balaban J connectivity index is 1.76. The molecule has 0 spiro atoms. The third-order valence-corrected chi connectivity index (χ3v) is 5.04. The molecule has 4 rings (SSSR count). The Morgan fingerprint density at radius 1 is 0.727 bits per heavy atom. The average Bonchev–Trinajstić information content (AvgIpc) is 2.89. The average molecular weight is 442 g/mol. The van der Waals surface area contributed by atoms with E-state index < -0.39 is 6.29 Å². The van der Waals surface area contributed by atoms with Gasteiger partial charge >= 0.3 is 0 Å². The number of unbranched alkanes of at least 4 members (excludes halogenated alkanes) is 1. The van der Waals surface area contributed by atoms with Gasteiger partial charge in [0, 0.05) is 11.1 Å². The van der Waals surface area contributed by atoms with Crippen LogP contribution in [0.4, 0.5) is 0 Å². The lowest BCUT2D eigenvalue weighted by Crippen LogP contribution is -2.25. The predicted octanol–water partition coefficient (Wildman–Crippen LogP) is 5.39. The summed E-state index contributed by atoms with van der Waals surface area (Å²) in [5.74, 6) is 2.18. The molecule has 1 N–H and O–H groups in total. The number of ether oxygens (including phenoxy) is 2. The van der Waals surface area contributed by atoms with Crippen LogP contribution in [0.1, 0.15) is 19.8 Å². The van der Waals surface area contributed by atoms with Gasteiger partial charge in [0.2, 0.25) is 6.29 Å². The molecule has 0 radical (unpaired) electrons. The number of hydrogen-bond donors (Lipinski definition) is 1. The lowest BCUT2D eigenvalue weighted by molar-refractivity contribution is -0.107. The van der Waals surface area contributed by atoms with E-state index in [-0.39, 0.29) is 6.61 Å². The maximum Gasteiger partial charge on any atom is 0.223 e. The molecule has 0 saturated carbocycles. The van der Waals surface area contributed by atoms with Crippen LogP contribution in [0.25, 0.3) is 34.2 Å². The fraction of sp³-hybridized carbons (Fsp3) is 0.222. The number of hydrogen-bond acceptors (Lipinski definition) is 6. The van der Waals surface area contributed by atoms with Gasteiger partial charge in [-0.25, -0.2) is 15.0 Å². The first-order valence-electron chi connectivity index (χ1n) is 11.1. The summed E-state index contributed by atoms with van der Waals surface area (Å²) in [6, 6.07) is 27.1. The molecule has 3 aromatic carbocycles. The molecule has 0 aliphatic rings. The summed E-state index contributed by atoms with van der Waals surface area (Å²) in [6.45, 7) is 2.36. The first kappa shape index (κ1) is 22.6. The summed E-state index contributed by atoms with van der Waals surface area (Å²) >= 11 is 0. The Morgan fingerprint density at radius 2 is 1.27 bits per heavy atom. The van der Waals surface area contributed by atoms with E-state index in [2.05, 4.69) is 6.92 Å². The zero-order valence-electron chi connectivity index (χ0n) is 18.6. The fourth-order valence-electron chi connectivity index (χ4n) is 3.31. The summed E-state index contributed by atoms with van der Waals surface area (Å²) in [5.41, 5.74) is 2.49. The number of benzene rings is 3. The lowest BCUT2D eigenvalue weighted by Gasteiger charge is -2.19. The third-order valence-electron chi connectivity index (χ3n) is 5.04. The molecule has 6 nitrogen and oxygen atoms in total. The highest BCUT2D eigenvalue weighted by atomic mass is 16.7. The monoisotopic (exact) mass is 441 g/mol. The van der Waals surface area contributed by atoms with Crippen molar-refractivity contribution in [3.05, 3.63) is 84.9 Å². The number of para-hydroxylation sites is 1. The van der Waals surface area contributed by atoms with E-state index >= 15 is 0 Å². The Morgan fingerprint density at radius 3 is 1.85 bits per heavy atom. The molecule has 4 aromatic rings. The quantitative estimate of drug-likeness (QED) is 0.263. The molecule has 168 valence electrons. The molecule has 0 aliphatic carbocycles. The standard InChI is InChI=1S/C27H27N3O3/c1-2-3-18-32-24(19-31)33-23-17-11-10-16-22(23)27-29-25(20-12-6-4-7-13-20)28-26(30-27)21-14-8-5-9-15-21/h4-17,24,31H,2-3,18-19H2,1H3. The van der Waals surface area contributed by atoms with Gasteiger partial charge in [-0.3, -0.25) is 0 Å². The Labute approximate surface area is 193 Å². The Bertz CT molecular complexity index is 1100. The summed E-state index contributed by atoms with van der Waals surface area (Å²) in [7, 11) is 0. The SMILES string of the molecule is CCCCOC(CO)Oc1ccccc1-c1nc(-c2ccccc2)nc(-c2ccccc2)n1. The van der Waals surface area contributed by atoms with Crippen molar-refractivity contribution in [3.63, 3.8) is 0 Å². The molecule has 1 aromatic heterocycles. The zero-order valence-corrected chi connectivity index (χ0v) is 18.6. The van der Waals surface area contributed by atoms with Crippen LogP contribution in [0.2, 0.25) is 0 Å². The summed E-state index contributed by atoms with van der Waals surface area (Å²) in [5, 5.41) is 9.74. The Kier molecular flexibility index (Phi) is 7.74. The van der Waals surface area contributed by atoms with Crippen LogP contribution >= 0.6 is 0 Å². The smallest absolute Gasteiger partial charge is 0.223 e. The molecule has 6 heteroatoms. The zero-order chi connectivity index (χ0) is 22.9. The van der Waals surface area contributed by atoms with Gasteiger partial charge in [0.05, 0.1) is 12.2 Å². The van der Waals surface area contributed by atoms with Crippen molar-refractivity contribution < 1.29 is 14.6 Å². The Hall–Kier alpha value is -3.61. The van der Waals surface area contributed by atoms with Gasteiger partial charge in [-0.2, -0.15) is 0 Å². The second-order valence-corrected chi connectivity index (χ2v) is 7.49. The van der Waals surface area contributed by atoms with Gasteiger partial charge in [-0.15, -0.1) is 0 Å². The second-order valence-electron chi connectivity index (χ2n) is 7.49. The normalized spacial score (nSPS) is 11.8. The van der Waals surface area contributed by atoms with E-state index in [1.165, 1.54) is 0 Å². The minimum absolute atomic E-state index is 0.250. The summed E-state index contributed by atoms with van der Waals surface area (Å²) in [6.07, 6.45) is 1.14. The molecule has 0 saturated heterocycles. The van der Waals surface area contributed by atoms with E-state index in [0.29, 0.717) is 35.4 Å². The third kappa shape index (κ3) is 5.80. The number of nitrogens with zero attached hydrogens (tertiary/aromatic N) is 3. The van der Waals surface area contributed by atoms with Crippen LogP contribution in [0.15, 0.2) is 84.9 Å². The van der Waals surface area contributed by atoms with E-state index in [0.717, 1.165) is 24.0 Å². The summed E-state index contributed by atoms with van der Waals surface area (Å²) < 4.78 is 11.7.